The van der Waals surface area contributed by atoms with Gasteiger partial charge in [-0.05, 0) is 38.3 Å². The van der Waals surface area contributed by atoms with Gasteiger partial charge < -0.3 is 10.6 Å². The molecular weight excluding hydrogens is 222 g/mol. The van der Waals surface area contributed by atoms with Crippen molar-refractivity contribution in [1.82, 2.24) is 4.98 Å². The van der Waals surface area contributed by atoms with Gasteiger partial charge in [0.15, 0.2) is 0 Å². The zero-order chi connectivity index (χ0) is 12.5. The van der Waals surface area contributed by atoms with Crippen LogP contribution in [-0.2, 0) is 0 Å². The quantitative estimate of drug-likeness (QED) is 0.780. The van der Waals surface area contributed by atoms with Crippen molar-refractivity contribution in [3.8, 4) is 0 Å². The lowest BCUT2D eigenvalue weighted by molar-refractivity contribution is 0.486. The van der Waals surface area contributed by atoms with Crippen LogP contribution in [-0.4, -0.2) is 17.6 Å². The molecule has 2 heterocycles. The summed E-state index contributed by atoms with van der Waals surface area (Å²) < 4.78 is 0. The maximum Gasteiger partial charge on any atom is 0.0951 e. The van der Waals surface area contributed by atoms with Gasteiger partial charge in [0.1, 0.15) is 0 Å². The van der Waals surface area contributed by atoms with Crippen LogP contribution < -0.4 is 10.6 Å². The monoisotopic (exact) mass is 241 g/mol. The fourth-order valence-electron chi connectivity index (χ4n) is 2.89. The van der Waals surface area contributed by atoms with E-state index in [1.54, 1.807) is 0 Å². The third-order valence-corrected chi connectivity index (χ3v) is 3.89. The highest BCUT2D eigenvalue weighted by molar-refractivity contribution is 5.98. The average molecular weight is 241 g/mol. The van der Waals surface area contributed by atoms with Gasteiger partial charge in [-0.1, -0.05) is 12.1 Å². The smallest absolute Gasteiger partial charge is 0.0951 e. The summed E-state index contributed by atoms with van der Waals surface area (Å²) in [6, 6.07) is 8.76. The van der Waals surface area contributed by atoms with Crippen molar-refractivity contribution in [3.63, 3.8) is 0 Å². The fourth-order valence-corrected chi connectivity index (χ4v) is 2.89. The lowest BCUT2D eigenvalue weighted by atomic mass is 10.0. The molecule has 3 heteroatoms. The van der Waals surface area contributed by atoms with Gasteiger partial charge in [0, 0.05) is 29.9 Å². The van der Waals surface area contributed by atoms with Crippen molar-refractivity contribution in [2.45, 2.75) is 32.2 Å². The maximum atomic E-state index is 6.01. The fraction of sp³-hybridized carbons (Fsp3) is 0.400. The number of hydrogen-bond donors (Lipinski definition) is 1. The lowest BCUT2D eigenvalue weighted by Crippen LogP contribution is -2.37. The summed E-state index contributed by atoms with van der Waals surface area (Å²) in [5.74, 6) is 0. The molecule has 1 aromatic carbocycles. The Morgan fingerprint density at radius 1 is 1.28 bits per heavy atom. The van der Waals surface area contributed by atoms with Crippen LogP contribution in [0.5, 0.6) is 0 Å². The predicted octanol–water partition coefficient (Wildman–Crippen LogP) is 3.20. The first-order chi connectivity index (χ1) is 8.77. The van der Waals surface area contributed by atoms with Crippen molar-refractivity contribution < 1.29 is 0 Å². The minimum Gasteiger partial charge on any atom is -0.397 e. The van der Waals surface area contributed by atoms with Crippen LogP contribution in [0.1, 0.15) is 26.2 Å². The topological polar surface area (TPSA) is 42.2 Å². The molecule has 1 aliphatic rings. The SMILES string of the molecule is CC1CCCCN1c1ccnc2c(N)cccc12. The Bertz CT molecular complexity index is 565. The number of fused-ring (bicyclic) bond motifs is 1. The molecule has 1 aliphatic heterocycles. The minimum absolute atomic E-state index is 0.603. The van der Waals surface area contributed by atoms with Crippen LogP contribution in [0.15, 0.2) is 30.5 Å². The van der Waals surface area contributed by atoms with Crippen LogP contribution in [0.3, 0.4) is 0 Å². The first-order valence-electron chi connectivity index (χ1n) is 6.67. The normalized spacial score (nSPS) is 20.3. The second-order valence-corrected chi connectivity index (χ2v) is 5.11. The summed E-state index contributed by atoms with van der Waals surface area (Å²) >= 11 is 0. The number of para-hydroxylation sites is 1. The van der Waals surface area contributed by atoms with Gasteiger partial charge in [0.25, 0.3) is 0 Å². The Morgan fingerprint density at radius 2 is 2.17 bits per heavy atom. The molecule has 18 heavy (non-hydrogen) atoms. The minimum atomic E-state index is 0.603. The standard InChI is InChI=1S/C15H19N3/c1-11-5-2-3-10-18(11)14-8-9-17-15-12(14)6-4-7-13(15)16/h4,6-9,11H,2-3,5,10,16H2,1H3. The number of aromatic nitrogens is 1. The summed E-state index contributed by atoms with van der Waals surface area (Å²) in [6.45, 7) is 3.44. The molecule has 2 aromatic rings. The number of benzene rings is 1. The molecule has 0 saturated carbocycles. The van der Waals surface area contributed by atoms with Crippen LogP contribution in [0.2, 0.25) is 0 Å². The summed E-state index contributed by atoms with van der Waals surface area (Å²) in [5, 5.41) is 1.17. The van der Waals surface area contributed by atoms with Crippen LogP contribution in [0.25, 0.3) is 10.9 Å². The predicted molar refractivity (Wildman–Crippen MR) is 76.8 cm³/mol. The number of nitrogens with zero attached hydrogens (tertiary/aromatic N) is 2. The van der Waals surface area contributed by atoms with E-state index in [9.17, 15) is 0 Å². The number of anilines is 2. The van der Waals surface area contributed by atoms with Crippen molar-refractivity contribution in [2.24, 2.45) is 0 Å². The molecule has 2 N–H and O–H groups in total. The van der Waals surface area contributed by atoms with E-state index in [2.05, 4.69) is 28.9 Å². The molecule has 0 aliphatic carbocycles. The van der Waals surface area contributed by atoms with Crippen molar-refractivity contribution in [3.05, 3.63) is 30.5 Å². The third kappa shape index (κ3) is 1.80. The second-order valence-electron chi connectivity index (χ2n) is 5.11. The highest BCUT2D eigenvalue weighted by atomic mass is 15.2. The number of rotatable bonds is 1. The van der Waals surface area contributed by atoms with Gasteiger partial charge in [-0.25, -0.2) is 0 Å². The number of nitrogens with two attached hydrogens (primary N) is 1. The van der Waals surface area contributed by atoms with E-state index in [4.69, 9.17) is 5.73 Å². The zero-order valence-electron chi connectivity index (χ0n) is 10.8. The average Bonchev–Trinajstić information content (AvgIpc) is 2.40. The van der Waals surface area contributed by atoms with Crippen LogP contribution in [0.4, 0.5) is 11.4 Å². The van der Waals surface area contributed by atoms with Gasteiger partial charge >= 0.3 is 0 Å². The van der Waals surface area contributed by atoms with Crippen molar-refractivity contribution in [1.29, 1.82) is 0 Å². The van der Waals surface area contributed by atoms with Gasteiger partial charge in [-0.15, -0.1) is 0 Å². The van der Waals surface area contributed by atoms with Crippen LogP contribution >= 0.6 is 0 Å². The summed E-state index contributed by atoms with van der Waals surface area (Å²) in [7, 11) is 0. The summed E-state index contributed by atoms with van der Waals surface area (Å²) in [4.78, 5) is 6.90. The Labute approximate surface area is 108 Å². The molecule has 1 saturated heterocycles. The molecule has 3 nitrogen and oxygen atoms in total. The van der Waals surface area contributed by atoms with E-state index in [-0.39, 0.29) is 0 Å². The van der Waals surface area contributed by atoms with Crippen LogP contribution in [0, 0.1) is 0 Å². The van der Waals surface area contributed by atoms with E-state index < -0.39 is 0 Å². The summed E-state index contributed by atoms with van der Waals surface area (Å²) in [6.07, 6.45) is 5.75. The van der Waals surface area contributed by atoms with Gasteiger partial charge in [-0.2, -0.15) is 0 Å². The highest BCUT2D eigenvalue weighted by Gasteiger charge is 2.20. The molecule has 1 atom stereocenters. The molecule has 0 amide bonds. The second kappa shape index (κ2) is 4.48. The van der Waals surface area contributed by atoms with E-state index in [1.807, 2.05) is 18.3 Å². The Morgan fingerprint density at radius 3 is 3.00 bits per heavy atom. The van der Waals surface area contributed by atoms with Gasteiger partial charge in [-0.3, -0.25) is 4.98 Å². The first kappa shape index (κ1) is 11.3. The molecule has 0 bridgehead atoms. The van der Waals surface area contributed by atoms with E-state index in [0.29, 0.717) is 6.04 Å². The van der Waals surface area contributed by atoms with E-state index in [0.717, 1.165) is 17.7 Å². The van der Waals surface area contributed by atoms with E-state index in [1.165, 1.54) is 30.3 Å². The van der Waals surface area contributed by atoms with Crippen molar-refractivity contribution >= 4 is 22.3 Å². The molecular formula is C15H19N3. The third-order valence-electron chi connectivity index (χ3n) is 3.89. The summed E-state index contributed by atoms with van der Waals surface area (Å²) in [5.41, 5.74) is 8.97. The zero-order valence-corrected chi connectivity index (χ0v) is 10.8. The van der Waals surface area contributed by atoms with Gasteiger partial charge in [0.2, 0.25) is 0 Å². The Hall–Kier alpha value is -1.77. The first-order valence-corrected chi connectivity index (χ1v) is 6.67. The maximum absolute atomic E-state index is 6.01. The number of piperidine rings is 1. The largest absolute Gasteiger partial charge is 0.397 e. The molecule has 3 rings (SSSR count). The number of pyridine rings is 1. The molecule has 1 fully saturated rings. The molecule has 0 radical (unpaired) electrons. The molecule has 94 valence electrons. The van der Waals surface area contributed by atoms with Gasteiger partial charge in [0.05, 0.1) is 11.2 Å². The number of hydrogen-bond acceptors (Lipinski definition) is 3. The lowest BCUT2D eigenvalue weighted by Gasteiger charge is -2.36. The molecule has 1 unspecified atom stereocenters. The molecule has 1 aromatic heterocycles. The highest BCUT2D eigenvalue weighted by Crippen LogP contribution is 2.32. The Balaban J connectivity index is 2.14. The van der Waals surface area contributed by atoms with Crippen molar-refractivity contribution in [2.75, 3.05) is 17.2 Å². The van der Waals surface area contributed by atoms with E-state index >= 15 is 0 Å². The Kier molecular flexibility index (Phi) is 2.82. The number of nitrogen functional groups attached to an aromatic ring is 1. The molecule has 0 spiro atoms.